The van der Waals surface area contributed by atoms with Gasteiger partial charge < -0.3 is 10.6 Å². The molecular formula is C17H22N4O2. The maximum atomic E-state index is 12.2. The summed E-state index contributed by atoms with van der Waals surface area (Å²) in [7, 11) is 0. The van der Waals surface area contributed by atoms with E-state index in [1.165, 1.54) is 6.92 Å². The summed E-state index contributed by atoms with van der Waals surface area (Å²) in [4.78, 5) is 23.2. The summed E-state index contributed by atoms with van der Waals surface area (Å²) < 4.78 is 1.70. The highest BCUT2D eigenvalue weighted by Crippen LogP contribution is 2.10. The average molecular weight is 314 g/mol. The van der Waals surface area contributed by atoms with Gasteiger partial charge in [-0.1, -0.05) is 12.1 Å². The number of benzene rings is 1. The van der Waals surface area contributed by atoms with E-state index in [9.17, 15) is 9.59 Å². The number of aromatic nitrogens is 2. The van der Waals surface area contributed by atoms with Crippen LogP contribution in [0.2, 0.25) is 0 Å². The molecule has 0 spiro atoms. The van der Waals surface area contributed by atoms with Crippen LogP contribution in [0.15, 0.2) is 30.3 Å². The van der Waals surface area contributed by atoms with E-state index in [1.807, 2.05) is 38.1 Å². The number of carbonyl (C=O) groups is 2. The van der Waals surface area contributed by atoms with Crippen LogP contribution < -0.4 is 10.6 Å². The van der Waals surface area contributed by atoms with Gasteiger partial charge in [-0.2, -0.15) is 5.10 Å². The molecule has 1 aromatic carbocycles. The number of hydrogen-bond acceptors (Lipinski definition) is 3. The van der Waals surface area contributed by atoms with Gasteiger partial charge in [0.05, 0.1) is 5.69 Å². The smallest absolute Gasteiger partial charge is 0.269 e. The Balaban J connectivity index is 1.86. The topological polar surface area (TPSA) is 76.0 Å². The van der Waals surface area contributed by atoms with Crippen LogP contribution >= 0.6 is 0 Å². The predicted molar refractivity (Wildman–Crippen MR) is 89.4 cm³/mol. The second-order valence-electron chi connectivity index (χ2n) is 5.37. The molecule has 0 bridgehead atoms. The first-order valence-electron chi connectivity index (χ1n) is 7.68. The van der Waals surface area contributed by atoms with Gasteiger partial charge in [0.25, 0.3) is 5.91 Å². The van der Waals surface area contributed by atoms with Crippen LogP contribution in [0.3, 0.4) is 0 Å². The minimum atomic E-state index is -0.109. The van der Waals surface area contributed by atoms with Gasteiger partial charge in [-0.15, -0.1) is 0 Å². The molecular weight excluding hydrogens is 292 g/mol. The van der Waals surface area contributed by atoms with E-state index < -0.39 is 0 Å². The van der Waals surface area contributed by atoms with Crippen LogP contribution in [-0.2, 0) is 17.8 Å². The van der Waals surface area contributed by atoms with Crippen molar-refractivity contribution in [2.24, 2.45) is 0 Å². The lowest BCUT2D eigenvalue weighted by Crippen LogP contribution is -2.28. The summed E-state index contributed by atoms with van der Waals surface area (Å²) in [6.45, 7) is 6.53. The second kappa shape index (κ2) is 7.58. The van der Waals surface area contributed by atoms with E-state index in [1.54, 1.807) is 10.7 Å². The van der Waals surface area contributed by atoms with E-state index in [0.29, 0.717) is 18.8 Å². The van der Waals surface area contributed by atoms with Crippen molar-refractivity contribution in [1.82, 2.24) is 15.1 Å². The normalized spacial score (nSPS) is 10.4. The fraction of sp³-hybridized carbons (Fsp3) is 0.353. The van der Waals surface area contributed by atoms with Crippen molar-refractivity contribution in [2.45, 2.75) is 33.7 Å². The van der Waals surface area contributed by atoms with Crippen molar-refractivity contribution in [3.63, 3.8) is 0 Å². The highest BCUT2D eigenvalue weighted by Gasteiger charge is 2.12. The van der Waals surface area contributed by atoms with Crippen LogP contribution in [0.1, 0.15) is 35.6 Å². The summed E-state index contributed by atoms with van der Waals surface area (Å²) in [5.74, 6) is -0.199. The van der Waals surface area contributed by atoms with Crippen LogP contribution in [0.25, 0.3) is 0 Å². The first kappa shape index (κ1) is 16.7. The molecule has 1 heterocycles. The quantitative estimate of drug-likeness (QED) is 0.857. The fourth-order valence-corrected chi connectivity index (χ4v) is 2.34. The zero-order valence-corrected chi connectivity index (χ0v) is 13.7. The van der Waals surface area contributed by atoms with E-state index in [4.69, 9.17) is 0 Å². The molecule has 2 aromatic rings. The molecule has 0 fully saturated rings. The Labute approximate surface area is 135 Å². The Kier molecular flexibility index (Phi) is 5.51. The van der Waals surface area contributed by atoms with Crippen molar-refractivity contribution in [3.8, 4) is 0 Å². The number of aryl methyl sites for hydroxylation is 2. The van der Waals surface area contributed by atoms with Crippen molar-refractivity contribution in [2.75, 3.05) is 11.9 Å². The number of amides is 2. The highest BCUT2D eigenvalue weighted by molar-refractivity contribution is 5.92. The molecule has 0 atom stereocenters. The highest BCUT2D eigenvalue weighted by atomic mass is 16.2. The van der Waals surface area contributed by atoms with E-state index in [2.05, 4.69) is 15.7 Å². The number of hydrogen-bond donors (Lipinski definition) is 2. The molecule has 2 amide bonds. The third kappa shape index (κ3) is 4.67. The van der Waals surface area contributed by atoms with Crippen molar-refractivity contribution in [3.05, 3.63) is 47.3 Å². The number of nitrogens with one attached hydrogen (secondary N) is 2. The third-order valence-electron chi connectivity index (χ3n) is 3.41. The predicted octanol–water partition coefficient (Wildman–Crippen LogP) is 2.14. The zero-order valence-electron chi connectivity index (χ0n) is 13.7. The zero-order chi connectivity index (χ0) is 16.8. The van der Waals surface area contributed by atoms with Crippen LogP contribution in [-0.4, -0.2) is 28.1 Å². The Bertz CT molecular complexity index is 689. The van der Waals surface area contributed by atoms with E-state index >= 15 is 0 Å². The van der Waals surface area contributed by atoms with Gasteiger partial charge in [0.15, 0.2) is 0 Å². The molecule has 0 unspecified atom stereocenters. The number of nitrogens with zero attached hydrogens (tertiary/aromatic N) is 2. The molecule has 0 aliphatic heterocycles. The fourth-order valence-electron chi connectivity index (χ4n) is 2.34. The Morgan fingerprint density at radius 1 is 1.22 bits per heavy atom. The minimum Gasteiger partial charge on any atom is -0.350 e. The monoisotopic (exact) mass is 314 g/mol. The summed E-state index contributed by atoms with van der Waals surface area (Å²) >= 11 is 0. The largest absolute Gasteiger partial charge is 0.350 e. The number of rotatable bonds is 6. The van der Waals surface area contributed by atoms with Gasteiger partial charge in [0.1, 0.15) is 5.69 Å². The van der Waals surface area contributed by atoms with Crippen LogP contribution in [0.4, 0.5) is 5.69 Å². The maximum Gasteiger partial charge on any atom is 0.269 e. The SMILES string of the molecule is CCn1nc(C)cc1C(=O)NCCc1ccc(NC(C)=O)cc1. The first-order valence-corrected chi connectivity index (χ1v) is 7.68. The number of anilines is 1. The first-order chi connectivity index (χ1) is 11.0. The summed E-state index contributed by atoms with van der Waals surface area (Å²) in [6.07, 6.45) is 0.728. The van der Waals surface area contributed by atoms with Crippen molar-refractivity contribution in [1.29, 1.82) is 0 Å². The van der Waals surface area contributed by atoms with Gasteiger partial charge in [0.2, 0.25) is 5.91 Å². The summed E-state index contributed by atoms with van der Waals surface area (Å²) in [5.41, 5.74) is 3.30. The summed E-state index contributed by atoms with van der Waals surface area (Å²) in [5, 5.41) is 9.91. The van der Waals surface area contributed by atoms with Gasteiger partial charge >= 0.3 is 0 Å². The molecule has 0 radical (unpaired) electrons. The third-order valence-corrected chi connectivity index (χ3v) is 3.41. The van der Waals surface area contributed by atoms with Gasteiger partial charge in [-0.05, 0) is 44.0 Å². The Hall–Kier alpha value is -2.63. The average Bonchev–Trinajstić information content (AvgIpc) is 2.89. The standard InChI is InChI=1S/C17H22N4O2/c1-4-21-16(11-12(2)20-21)17(23)18-10-9-14-5-7-15(8-6-14)19-13(3)22/h5-8,11H,4,9-10H2,1-3H3,(H,18,23)(H,19,22). The van der Waals surface area contributed by atoms with Crippen LogP contribution in [0.5, 0.6) is 0 Å². The maximum absolute atomic E-state index is 12.2. The van der Waals surface area contributed by atoms with Crippen molar-refractivity contribution < 1.29 is 9.59 Å². The molecule has 6 nitrogen and oxygen atoms in total. The molecule has 6 heteroatoms. The number of carbonyl (C=O) groups excluding carboxylic acids is 2. The molecule has 0 aliphatic carbocycles. The minimum absolute atomic E-state index is 0.0900. The lowest BCUT2D eigenvalue weighted by atomic mass is 10.1. The van der Waals surface area contributed by atoms with Gasteiger partial charge in [-0.25, -0.2) is 0 Å². The lowest BCUT2D eigenvalue weighted by molar-refractivity contribution is -0.114. The second-order valence-corrected chi connectivity index (χ2v) is 5.37. The molecule has 0 aliphatic rings. The van der Waals surface area contributed by atoms with E-state index in [0.717, 1.165) is 23.4 Å². The van der Waals surface area contributed by atoms with Crippen LogP contribution in [0, 0.1) is 6.92 Å². The molecule has 122 valence electrons. The molecule has 2 rings (SSSR count). The molecule has 23 heavy (non-hydrogen) atoms. The molecule has 1 aromatic heterocycles. The van der Waals surface area contributed by atoms with Gasteiger partial charge in [-0.3, -0.25) is 14.3 Å². The Morgan fingerprint density at radius 2 is 1.91 bits per heavy atom. The van der Waals surface area contributed by atoms with Gasteiger partial charge in [0, 0.05) is 25.7 Å². The van der Waals surface area contributed by atoms with Crippen molar-refractivity contribution >= 4 is 17.5 Å². The molecule has 2 N–H and O–H groups in total. The molecule has 0 saturated carbocycles. The molecule has 0 saturated heterocycles. The summed E-state index contributed by atoms with van der Waals surface area (Å²) in [6, 6.07) is 9.39. The lowest BCUT2D eigenvalue weighted by Gasteiger charge is -2.07. The Morgan fingerprint density at radius 3 is 2.52 bits per heavy atom. The van der Waals surface area contributed by atoms with E-state index in [-0.39, 0.29) is 11.8 Å².